The summed E-state index contributed by atoms with van der Waals surface area (Å²) in [6.45, 7) is -0.508. The lowest BCUT2D eigenvalue weighted by atomic mass is 10.2. The Balaban J connectivity index is 2.42. The molecule has 9 heteroatoms. The second kappa shape index (κ2) is 5.25. The maximum Gasteiger partial charge on any atom is 0.346 e. The zero-order chi connectivity index (χ0) is 14.9. The van der Waals surface area contributed by atoms with Crippen LogP contribution in [0, 0.1) is 6.92 Å². The molecule has 0 unspecified atom stereocenters. The third-order valence-electron chi connectivity index (χ3n) is 2.67. The normalized spacial score (nSPS) is 11.8. The van der Waals surface area contributed by atoms with E-state index in [9.17, 15) is 13.6 Å². The molecule has 0 spiro atoms. The first kappa shape index (κ1) is 14.5. The number of aryl methyl sites for hydroxylation is 1. The highest BCUT2D eigenvalue weighted by Gasteiger charge is 2.28. The van der Waals surface area contributed by atoms with Crippen LogP contribution in [-0.4, -0.2) is 45.2 Å². The molecule has 0 amide bonds. The largest absolute Gasteiger partial charge is 0.477 e. The van der Waals surface area contributed by atoms with Crippen LogP contribution in [0.4, 0.5) is 14.6 Å². The van der Waals surface area contributed by atoms with Gasteiger partial charge in [0, 0.05) is 0 Å². The molecule has 6 nitrogen and oxygen atoms in total. The quantitative estimate of drug-likeness (QED) is 0.778. The Labute approximate surface area is 116 Å². The first-order valence-corrected chi connectivity index (χ1v) is 6.37. The van der Waals surface area contributed by atoms with Gasteiger partial charge < -0.3 is 15.5 Å². The number of nitrogens with zero attached hydrogens (tertiary/aromatic N) is 2. The fourth-order valence-electron chi connectivity index (χ4n) is 1.68. The van der Waals surface area contributed by atoms with E-state index in [4.69, 9.17) is 10.2 Å². The molecule has 2 aromatic heterocycles. The maximum atomic E-state index is 13.0. The average molecular weight is 303 g/mol. The van der Waals surface area contributed by atoms with Crippen LogP contribution in [0.25, 0.3) is 10.2 Å². The summed E-state index contributed by atoms with van der Waals surface area (Å²) in [5, 5.41) is 20.4. The van der Waals surface area contributed by atoms with Gasteiger partial charge in [0.1, 0.15) is 28.5 Å². The second-order valence-corrected chi connectivity index (χ2v) is 5.13. The number of carboxylic acid groups (broad SMARTS) is 1. The fraction of sp³-hybridized carbons (Fsp3) is 0.364. The molecular weight excluding hydrogens is 292 g/mol. The molecule has 2 heterocycles. The monoisotopic (exact) mass is 303 g/mol. The van der Waals surface area contributed by atoms with Gasteiger partial charge in [-0.2, -0.15) is 0 Å². The Morgan fingerprint density at radius 2 is 2.20 bits per heavy atom. The number of aliphatic hydroxyl groups is 1. The minimum atomic E-state index is -3.28. The molecule has 0 bridgehead atoms. The standard InChI is InChI=1S/C11H11F2N3O3S/c1-5-6-8(14-2-11(12,13)3-17)15-4-16-9(6)20-7(5)10(18)19/h4,17H,2-3H2,1H3,(H,18,19)(H,14,15,16). The number of thiophene rings is 1. The van der Waals surface area contributed by atoms with E-state index in [1.54, 1.807) is 6.92 Å². The smallest absolute Gasteiger partial charge is 0.346 e. The molecule has 0 saturated heterocycles. The number of carbonyl (C=O) groups is 1. The first-order chi connectivity index (χ1) is 9.35. The van der Waals surface area contributed by atoms with E-state index in [-0.39, 0.29) is 10.7 Å². The van der Waals surface area contributed by atoms with E-state index in [0.29, 0.717) is 15.8 Å². The number of nitrogens with one attached hydrogen (secondary N) is 1. The fourth-order valence-corrected chi connectivity index (χ4v) is 2.67. The Morgan fingerprint density at radius 3 is 2.80 bits per heavy atom. The number of hydrogen-bond donors (Lipinski definition) is 3. The van der Waals surface area contributed by atoms with Crippen LogP contribution in [-0.2, 0) is 0 Å². The number of anilines is 1. The van der Waals surface area contributed by atoms with Gasteiger partial charge in [0.25, 0.3) is 5.92 Å². The van der Waals surface area contributed by atoms with Crippen LogP contribution in [0.15, 0.2) is 6.33 Å². The molecular formula is C11H11F2N3O3S. The number of rotatable bonds is 5. The molecule has 20 heavy (non-hydrogen) atoms. The molecule has 0 aliphatic carbocycles. The van der Waals surface area contributed by atoms with E-state index < -0.39 is 25.0 Å². The zero-order valence-electron chi connectivity index (χ0n) is 10.4. The van der Waals surface area contributed by atoms with Crippen molar-refractivity contribution in [2.24, 2.45) is 0 Å². The summed E-state index contributed by atoms with van der Waals surface area (Å²) in [5.41, 5.74) is 0.424. The highest BCUT2D eigenvalue weighted by Crippen LogP contribution is 2.33. The number of aromatic nitrogens is 2. The molecule has 0 fully saturated rings. The van der Waals surface area contributed by atoms with E-state index in [0.717, 1.165) is 11.3 Å². The maximum absolute atomic E-state index is 13.0. The van der Waals surface area contributed by atoms with E-state index in [1.165, 1.54) is 6.33 Å². The Kier molecular flexibility index (Phi) is 3.82. The van der Waals surface area contributed by atoms with E-state index >= 15 is 0 Å². The molecule has 0 saturated carbocycles. The molecule has 2 rings (SSSR count). The van der Waals surface area contributed by atoms with Crippen LogP contribution in [0.5, 0.6) is 0 Å². The minimum Gasteiger partial charge on any atom is -0.477 e. The lowest BCUT2D eigenvalue weighted by molar-refractivity contribution is -0.0373. The van der Waals surface area contributed by atoms with Gasteiger partial charge in [-0.3, -0.25) is 0 Å². The number of carboxylic acids is 1. The van der Waals surface area contributed by atoms with Crippen molar-refractivity contribution >= 4 is 33.3 Å². The molecule has 2 aromatic rings. The highest BCUT2D eigenvalue weighted by atomic mass is 32.1. The van der Waals surface area contributed by atoms with Gasteiger partial charge in [-0.1, -0.05) is 0 Å². The van der Waals surface area contributed by atoms with Gasteiger partial charge in [0.15, 0.2) is 0 Å². The molecule has 108 valence electrons. The highest BCUT2D eigenvalue weighted by molar-refractivity contribution is 7.20. The van der Waals surface area contributed by atoms with Crippen LogP contribution >= 0.6 is 11.3 Å². The number of halogens is 2. The summed E-state index contributed by atoms with van der Waals surface area (Å²) in [4.78, 5) is 19.3. The van der Waals surface area contributed by atoms with Gasteiger partial charge in [-0.25, -0.2) is 23.5 Å². The van der Waals surface area contributed by atoms with Crippen LogP contribution in [0.1, 0.15) is 15.2 Å². The van der Waals surface area contributed by atoms with Crippen LogP contribution in [0.3, 0.4) is 0 Å². The molecule has 0 aromatic carbocycles. The number of aliphatic hydroxyl groups excluding tert-OH is 1. The molecule has 0 atom stereocenters. The van der Waals surface area contributed by atoms with Gasteiger partial charge in [0.2, 0.25) is 0 Å². The lowest BCUT2D eigenvalue weighted by Crippen LogP contribution is -2.31. The predicted molar refractivity (Wildman–Crippen MR) is 69.6 cm³/mol. The van der Waals surface area contributed by atoms with Crippen molar-refractivity contribution in [1.29, 1.82) is 0 Å². The average Bonchev–Trinajstić information content (AvgIpc) is 2.75. The molecule has 0 radical (unpaired) electrons. The van der Waals surface area contributed by atoms with Crippen molar-refractivity contribution in [1.82, 2.24) is 9.97 Å². The van der Waals surface area contributed by atoms with Crippen molar-refractivity contribution in [3.8, 4) is 0 Å². The number of hydrogen-bond acceptors (Lipinski definition) is 6. The molecule has 0 aliphatic heterocycles. The second-order valence-electron chi connectivity index (χ2n) is 4.13. The summed E-state index contributed by atoms with van der Waals surface area (Å²) in [6, 6.07) is 0. The Bertz CT molecular complexity index is 660. The summed E-state index contributed by atoms with van der Waals surface area (Å²) in [5.74, 6) is -4.25. The van der Waals surface area contributed by atoms with Gasteiger partial charge in [-0.05, 0) is 12.5 Å². The van der Waals surface area contributed by atoms with Crippen molar-refractivity contribution < 1.29 is 23.8 Å². The third-order valence-corrected chi connectivity index (χ3v) is 3.85. The third kappa shape index (κ3) is 2.68. The van der Waals surface area contributed by atoms with Crippen molar-refractivity contribution in [3.05, 3.63) is 16.8 Å². The van der Waals surface area contributed by atoms with Crippen molar-refractivity contribution in [3.63, 3.8) is 0 Å². The van der Waals surface area contributed by atoms with Gasteiger partial charge in [0.05, 0.1) is 11.9 Å². The SMILES string of the molecule is Cc1c(C(=O)O)sc2ncnc(NCC(F)(F)CO)c12. The first-order valence-electron chi connectivity index (χ1n) is 5.55. The summed E-state index contributed by atoms with van der Waals surface area (Å²) in [6.07, 6.45) is 1.17. The van der Waals surface area contributed by atoms with Crippen LogP contribution < -0.4 is 5.32 Å². The van der Waals surface area contributed by atoms with Gasteiger partial charge >= 0.3 is 5.97 Å². The molecule has 3 N–H and O–H groups in total. The summed E-state index contributed by atoms with van der Waals surface area (Å²) in [7, 11) is 0. The van der Waals surface area contributed by atoms with Crippen molar-refractivity contribution in [2.75, 3.05) is 18.5 Å². The topological polar surface area (TPSA) is 95.3 Å². The van der Waals surface area contributed by atoms with Crippen molar-refractivity contribution in [2.45, 2.75) is 12.8 Å². The number of alkyl halides is 2. The van der Waals surface area contributed by atoms with E-state index in [2.05, 4.69) is 15.3 Å². The summed E-state index contributed by atoms with van der Waals surface area (Å²) < 4.78 is 26.1. The van der Waals surface area contributed by atoms with E-state index in [1.807, 2.05) is 0 Å². The van der Waals surface area contributed by atoms with Gasteiger partial charge in [-0.15, -0.1) is 11.3 Å². The zero-order valence-corrected chi connectivity index (χ0v) is 11.2. The van der Waals surface area contributed by atoms with Crippen LogP contribution in [0.2, 0.25) is 0 Å². The minimum absolute atomic E-state index is 0.0949. The number of aromatic carboxylic acids is 1. The lowest BCUT2D eigenvalue weighted by Gasteiger charge is -2.14. The number of fused-ring (bicyclic) bond motifs is 1. The molecule has 0 aliphatic rings. The Hall–Kier alpha value is -1.87. The summed E-state index contributed by atoms with van der Waals surface area (Å²) >= 11 is 0.958. The Morgan fingerprint density at radius 1 is 1.50 bits per heavy atom. The predicted octanol–water partition coefficient (Wildman–Crippen LogP) is 1.74.